The van der Waals surface area contributed by atoms with Crippen LogP contribution in [0.1, 0.15) is 19.8 Å². The molecule has 7 heteroatoms. The number of ether oxygens (including phenoxy) is 2. The number of hydrogen-bond acceptors (Lipinski definition) is 5. The fourth-order valence-electron chi connectivity index (χ4n) is 1.61. The van der Waals surface area contributed by atoms with Crippen LogP contribution in [0.25, 0.3) is 0 Å². The van der Waals surface area contributed by atoms with Crippen molar-refractivity contribution >= 4 is 17.3 Å². The Labute approximate surface area is 124 Å². The van der Waals surface area contributed by atoms with Crippen LogP contribution >= 0.6 is 11.6 Å². The van der Waals surface area contributed by atoms with E-state index < -0.39 is 0 Å². The van der Waals surface area contributed by atoms with Crippen LogP contribution in [0.15, 0.2) is 11.0 Å². The van der Waals surface area contributed by atoms with E-state index in [-0.39, 0.29) is 10.6 Å². The Kier molecular flexibility index (Phi) is 8.25. The average molecular weight is 304 g/mol. The molecule has 1 heterocycles. The fourth-order valence-corrected chi connectivity index (χ4v) is 1.82. The van der Waals surface area contributed by atoms with E-state index in [0.29, 0.717) is 32.1 Å². The Balaban J connectivity index is 2.26. The quantitative estimate of drug-likeness (QED) is 0.667. The van der Waals surface area contributed by atoms with Gasteiger partial charge in [-0.25, -0.2) is 4.68 Å². The van der Waals surface area contributed by atoms with Crippen LogP contribution in [0, 0.1) is 0 Å². The van der Waals surface area contributed by atoms with Crippen molar-refractivity contribution in [1.82, 2.24) is 9.78 Å². The van der Waals surface area contributed by atoms with Crippen molar-refractivity contribution in [3.05, 3.63) is 21.6 Å². The summed E-state index contributed by atoms with van der Waals surface area (Å²) in [7, 11) is 1.65. The molecule has 1 N–H and O–H groups in total. The maximum Gasteiger partial charge on any atom is 0.287 e. The molecule has 0 aliphatic heterocycles. The number of methoxy groups -OCH3 is 1. The lowest BCUT2D eigenvalue weighted by Gasteiger charge is -2.09. The third kappa shape index (κ3) is 5.48. The number of rotatable bonds is 10. The first-order valence-corrected chi connectivity index (χ1v) is 7.14. The van der Waals surface area contributed by atoms with Crippen molar-refractivity contribution in [2.75, 3.05) is 38.8 Å². The highest BCUT2D eigenvalue weighted by Gasteiger charge is 2.07. The summed E-state index contributed by atoms with van der Waals surface area (Å²) in [6.07, 6.45) is 3.45. The van der Waals surface area contributed by atoms with Crippen LogP contribution in [-0.2, 0) is 16.0 Å². The summed E-state index contributed by atoms with van der Waals surface area (Å²) in [5.41, 5.74) is 0.323. The van der Waals surface area contributed by atoms with Gasteiger partial charge in [0.15, 0.2) is 0 Å². The molecule has 0 aromatic carbocycles. The smallest absolute Gasteiger partial charge is 0.287 e. The number of unbranched alkanes of at least 4 members (excludes halogenated alkanes) is 1. The molecule has 6 nitrogen and oxygen atoms in total. The van der Waals surface area contributed by atoms with Gasteiger partial charge in [0, 0.05) is 26.8 Å². The molecule has 0 unspecified atom stereocenters. The number of halogens is 1. The van der Waals surface area contributed by atoms with Crippen molar-refractivity contribution in [2.24, 2.45) is 0 Å². The Morgan fingerprint density at radius 1 is 1.35 bits per heavy atom. The standard InChI is InChI=1S/C13H22ClN3O3/c1-3-17-13(18)12(14)11(10-16-17)15-6-4-5-7-20-9-8-19-2/h10,15H,3-9H2,1-2H3. The first-order valence-electron chi connectivity index (χ1n) is 6.76. The topological polar surface area (TPSA) is 65.4 Å². The summed E-state index contributed by atoms with van der Waals surface area (Å²) >= 11 is 6.00. The van der Waals surface area contributed by atoms with Crippen LogP contribution in [0.5, 0.6) is 0 Å². The Bertz CT molecular complexity index is 451. The van der Waals surface area contributed by atoms with Crippen LogP contribution in [0.4, 0.5) is 5.69 Å². The molecule has 0 aliphatic carbocycles. The number of hydrogen-bond donors (Lipinski definition) is 1. The molecule has 1 aromatic heterocycles. The molecular formula is C13H22ClN3O3. The summed E-state index contributed by atoms with van der Waals surface area (Å²) in [6, 6.07) is 0. The summed E-state index contributed by atoms with van der Waals surface area (Å²) in [5, 5.41) is 7.34. The third-order valence-electron chi connectivity index (χ3n) is 2.75. The highest BCUT2D eigenvalue weighted by atomic mass is 35.5. The van der Waals surface area contributed by atoms with Gasteiger partial charge in [0.05, 0.1) is 25.1 Å². The molecule has 20 heavy (non-hydrogen) atoms. The molecule has 0 saturated heterocycles. The van der Waals surface area contributed by atoms with E-state index in [0.717, 1.165) is 19.4 Å². The maximum absolute atomic E-state index is 11.8. The van der Waals surface area contributed by atoms with Gasteiger partial charge in [-0.05, 0) is 19.8 Å². The molecule has 0 atom stereocenters. The zero-order valence-electron chi connectivity index (χ0n) is 12.0. The Morgan fingerprint density at radius 3 is 2.85 bits per heavy atom. The van der Waals surface area contributed by atoms with Crippen molar-refractivity contribution in [3.63, 3.8) is 0 Å². The van der Waals surface area contributed by atoms with Crippen molar-refractivity contribution in [1.29, 1.82) is 0 Å². The second kappa shape index (κ2) is 9.74. The zero-order valence-corrected chi connectivity index (χ0v) is 12.8. The number of aromatic nitrogens is 2. The first-order chi connectivity index (χ1) is 9.70. The Hall–Kier alpha value is -1.11. The molecule has 0 fully saturated rings. The largest absolute Gasteiger partial charge is 0.382 e. The molecule has 0 radical (unpaired) electrons. The van der Waals surface area contributed by atoms with Gasteiger partial charge in [-0.1, -0.05) is 11.6 Å². The molecule has 1 rings (SSSR count). The summed E-state index contributed by atoms with van der Waals surface area (Å²) in [4.78, 5) is 11.8. The first kappa shape index (κ1) is 16.9. The average Bonchev–Trinajstić information content (AvgIpc) is 2.46. The zero-order chi connectivity index (χ0) is 14.8. The normalized spacial score (nSPS) is 10.8. The van der Waals surface area contributed by atoms with Gasteiger partial charge >= 0.3 is 0 Å². The van der Waals surface area contributed by atoms with E-state index in [1.54, 1.807) is 13.3 Å². The van der Waals surface area contributed by atoms with Gasteiger partial charge in [-0.2, -0.15) is 5.10 Å². The lowest BCUT2D eigenvalue weighted by Crippen LogP contribution is -2.23. The van der Waals surface area contributed by atoms with E-state index in [1.807, 2.05) is 6.92 Å². The molecular weight excluding hydrogens is 282 g/mol. The second-order valence-electron chi connectivity index (χ2n) is 4.23. The van der Waals surface area contributed by atoms with Gasteiger partial charge in [-0.3, -0.25) is 4.79 Å². The van der Waals surface area contributed by atoms with Gasteiger partial charge in [-0.15, -0.1) is 0 Å². The minimum Gasteiger partial charge on any atom is -0.382 e. The van der Waals surface area contributed by atoms with E-state index in [1.165, 1.54) is 4.68 Å². The van der Waals surface area contributed by atoms with Gasteiger partial charge < -0.3 is 14.8 Å². The van der Waals surface area contributed by atoms with Crippen molar-refractivity contribution < 1.29 is 9.47 Å². The SMILES string of the molecule is CCn1ncc(NCCCCOCCOC)c(Cl)c1=O. The van der Waals surface area contributed by atoms with E-state index in [2.05, 4.69) is 10.4 Å². The molecule has 0 amide bonds. The lowest BCUT2D eigenvalue weighted by atomic mass is 10.3. The second-order valence-corrected chi connectivity index (χ2v) is 4.61. The predicted molar refractivity (Wildman–Crippen MR) is 79.6 cm³/mol. The fraction of sp³-hybridized carbons (Fsp3) is 0.692. The van der Waals surface area contributed by atoms with Crippen LogP contribution < -0.4 is 10.9 Å². The molecule has 114 valence electrons. The van der Waals surface area contributed by atoms with E-state index >= 15 is 0 Å². The van der Waals surface area contributed by atoms with Crippen LogP contribution in [0.2, 0.25) is 5.02 Å². The highest BCUT2D eigenvalue weighted by Crippen LogP contribution is 2.15. The van der Waals surface area contributed by atoms with Crippen LogP contribution in [0.3, 0.4) is 0 Å². The minimum absolute atomic E-state index is 0.193. The van der Waals surface area contributed by atoms with Gasteiger partial charge in [0.1, 0.15) is 5.02 Å². The molecule has 1 aromatic rings. The molecule has 0 spiro atoms. The maximum atomic E-state index is 11.8. The van der Waals surface area contributed by atoms with E-state index in [9.17, 15) is 4.79 Å². The van der Waals surface area contributed by atoms with E-state index in [4.69, 9.17) is 21.1 Å². The number of anilines is 1. The van der Waals surface area contributed by atoms with Crippen LogP contribution in [-0.4, -0.2) is 43.3 Å². The molecule has 0 bridgehead atoms. The highest BCUT2D eigenvalue weighted by molar-refractivity contribution is 6.32. The van der Waals surface area contributed by atoms with Gasteiger partial charge in [0.2, 0.25) is 0 Å². The third-order valence-corrected chi connectivity index (χ3v) is 3.11. The van der Waals surface area contributed by atoms with Gasteiger partial charge in [0.25, 0.3) is 5.56 Å². The number of nitrogens with zero attached hydrogens (tertiary/aromatic N) is 2. The Morgan fingerprint density at radius 2 is 2.15 bits per heavy atom. The minimum atomic E-state index is -0.262. The molecule has 0 aliphatic rings. The number of aryl methyl sites for hydroxylation is 1. The lowest BCUT2D eigenvalue weighted by molar-refractivity contribution is 0.0691. The summed E-state index contributed by atoms with van der Waals surface area (Å²) in [5.74, 6) is 0. The monoisotopic (exact) mass is 303 g/mol. The number of nitrogens with one attached hydrogen (secondary N) is 1. The van der Waals surface area contributed by atoms with Crippen molar-refractivity contribution in [2.45, 2.75) is 26.3 Å². The predicted octanol–water partition coefficient (Wildman–Crippen LogP) is 1.77. The molecule has 0 saturated carbocycles. The summed E-state index contributed by atoms with van der Waals surface area (Å²) in [6.45, 7) is 5.03. The van der Waals surface area contributed by atoms with Crippen molar-refractivity contribution in [3.8, 4) is 0 Å². The summed E-state index contributed by atoms with van der Waals surface area (Å²) < 4.78 is 11.6.